The Balaban J connectivity index is 2.35. The van der Waals surface area contributed by atoms with Crippen molar-refractivity contribution in [1.82, 2.24) is 9.55 Å². The molecule has 0 fully saturated rings. The Bertz CT molecular complexity index is 662. The number of nitrogens with two attached hydrogens (primary N) is 1. The first-order valence-electron chi connectivity index (χ1n) is 6.57. The van der Waals surface area contributed by atoms with Crippen LogP contribution in [0, 0.1) is 12.8 Å². The molecule has 20 heavy (non-hydrogen) atoms. The van der Waals surface area contributed by atoms with Crippen molar-refractivity contribution in [3.63, 3.8) is 0 Å². The van der Waals surface area contributed by atoms with Crippen LogP contribution in [0.1, 0.15) is 19.4 Å². The molecule has 0 unspecified atom stereocenters. The van der Waals surface area contributed by atoms with Gasteiger partial charge in [-0.1, -0.05) is 26.0 Å². The van der Waals surface area contributed by atoms with Crippen LogP contribution < -0.4 is 16.0 Å². The van der Waals surface area contributed by atoms with E-state index in [1.54, 1.807) is 23.0 Å². The van der Waals surface area contributed by atoms with Crippen LogP contribution in [0.5, 0.6) is 11.6 Å². The van der Waals surface area contributed by atoms with Crippen LogP contribution in [0.15, 0.2) is 35.4 Å². The van der Waals surface area contributed by atoms with E-state index in [1.807, 2.05) is 32.9 Å². The molecule has 0 saturated carbocycles. The molecule has 5 heteroatoms. The Morgan fingerprint density at radius 2 is 2.15 bits per heavy atom. The number of aryl methyl sites for hydroxylation is 1. The van der Waals surface area contributed by atoms with Gasteiger partial charge in [0.15, 0.2) is 5.75 Å². The Morgan fingerprint density at radius 3 is 2.85 bits per heavy atom. The van der Waals surface area contributed by atoms with Crippen molar-refractivity contribution in [1.29, 1.82) is 0 Å². The second-order valence-corrected chi connectivity index (χ2v) is 5.17. The van der Waals surface area contributed by atoms with Crippen LogP contribution in [-0.2, 0) is 6.54 Å². The Hall–Kier alpha value is -2.30. The summed E-state index contributed by atoms with van der Waals surface area (Å²) in [6.07, 6.45) is 3.22. The molecule has 1 aromatic carbocycles. The molecule has 0 aliphatic heterocycles. The fourth-order valence-corrected chi connectivity index (χ4v) is 1.88. The summed E-state index contributed by atoms with van der Waals surface area (Å²) in [7, 11) is 0. The molecule has 0 radical (unpaired) electrons. The van der Waals surface area contributed by atoms with Gasteiger partial charge in [-0.05, 0) is 24.5 Å². The lowest BCUT2D eigenvalue weighted by Crippen LogP contribution is -2.23. The average molecular weight is 273 g/mol. The molecular formula is C15H19N3O2. The lowest BCUT2D eigenvalue weighted by atomic mass is 10.2. The number of hydrogen-bond donors (Lipinski definition) is 1. The van der Waals surface area contributed by atoms with Gasteiger partial charge in [-0.3, -0.25) is 4.79 Å². The van der Waals surface area contributed by atoms with Gasteiger partial charge in [0.1, 0.15) is 0 Å². The first kappa shape index (κ1) is 14.1. The Morgan fingerprint density at radius 1 is 1.40 bits per heavy atom. The second-order valence-electron chi connectivity index (χ2n) is 5.17. The topological polar surface area (TPSA) is 70.1 Å². The van der Waals surface area contributed by atoms with Gasteiger partial charge in [-0.2, -0.15) is 0 Å². The zero-order chi connectivity index (χ0) is 14.7. The van der Waals surface area contributed by atoms with Crippen molar-refractivity contribution in [2.24, 2.45) is 5.92 Å². The predicted octanol–water partition coefficient (Wildman–Crippen LogP) is 2.58. The lowest BCUT2D eigenvalue weighted by Gasteiger charge is -2.11. The van der Waals surface area contributed by atoms with Gasteiger partial charge < -0.3 is 15.0 Å². The molecule has 5 nitrogen and oxygen atoms in total. The highest BCUT2D eigenvalue weighted by Gasteiger charge is 2.11. The van der Waals surface area contributed by atoms with E-state index in [9.17, 15) is 4.79 Å². The minimum atomic E-state index is -0.248. The van der Waals surface area contributed by atoms with Crippen molar-refractivity contribution < 1.29 is 4.74 Å². The minimum absolute atomic E-state index is 0.0467. The summed E-state index contributed by atoms with van der Waals surface area (Å²) in [5.41, 5.74) is 7.11. The number of nitrogen functional groups attached to an aromatic ring is 1. The first-order valence-corrected chi connectivity index (χ1v) is 6.57. The minimum Gasteiger partial charge on any atom is -0.432 e. The molecule has 0 saturated heterocycles. The van der Waals surface area contributed by atoms with E-state index in [1.165, 1.54) is 0 Å². The fraction of sp³-hybridized carbons (Fsp3) is 0.333. The molecule has 0 bridgehead atoms. The van der Waals surface area contributed by atoms with E-state index in [0.29, 0.717) is 23.9 Å². The number of aromatic nitrogens is 2. The van der Waals surface area contributed by atoms with Gasteiger partial charge in [-0.25, -0.2) is 4.98 Å². The highest BCUT2D eigenvalue weighted by atomic mass is 16.5. The van der Waals surface area contributed by atoms with Crippen LogP contribution in [0.2, 0.25) is 0 Å². The third kappa shape index (κ3) is 2.99. The largest absolute Gasteiger partial charge is 0.432 e. The Kier molecular flexibility index (Phi) is 4.08. The second kappa shape index (κ2) is 5.77. The quantitative estimate of drug-likeness (QED) is 0.869. The van der Waals surface area contributed by atoms with Crippen LogP contribution in [0.3, 0.4) is 0 Å². The lowest BCUT2D eigenvalue weighted by molar-refractivity contribution is 0.434. The normalized spacial score (nSPS) is 10.8. The highest BCUT2D eigenvalue weighted by molar-refractivity contribution is 5.58. The number of para-hydroxylation sites is 1. The van der Waals surface area contributed by atoms with E-state index in [-0.39, 0.29) is 11.4 Å². The van der Waals surface area contributed by atoms with Crippen LogP contribution in [-0.4, -0.2) is 9.55 Å². The summed E-state index contributed by atoms with van der Waals surface area (Å²) >= 11 is 0. The fourth-order valence-electron chi connectivity index (χ4n) is 1.88. The predicted molar refractivity (Wildman–Crippen MR) is 79.0 cm³/mol. The van der Waals surface area contributed by atoms with Gasteiger partial charge in [0.25, 0.3) is 5.88 Å². The maximum absolute atomic E-state index is 12.2. The van der Waals surface area contributed by atoms with E-state index < -0.39 is 0 Å². The first-order chi connectivity index (χ1) is 9.49. The smallest absolute Gasteiger partial charge is 0.313 e. The summed E-state index contributed by atoms with van der Waals surface area (Å²) in [5.74, 6) is 0.870. The summed E-state index contributed by atoms with van der Waals surface area (Å²) in [6.45, 7) is 6.61. The summed E-state index contributed by atoms with van der Waals surface area (Å²) < 4.78 is 7.17. The maximum atomic E-state index is 12.2. The van der Waals surface area contributed by atoms with E-state index in [4.69, 9.17) is 10.5 Å². The summed E-state index contributed by atoms with van der Waals surface area (Å²) in [4.78, 5) is 16.2. The number of nitrogens with zero attached hydrogens (tertiary/aromatic N) is 2. The molecule has 2 N–H and O–H groups in total. The molecule has 1 aromatic heterocycles. The van der Waals surface area contributed by atoms with E-state index in [0.717, 1.165) is 5.56 Å². The zero-order valence-electron chi connectivity index (χ0n) is 12.0. The number of rotatable bonds is 4. The van der Waals surface area contributed by atoms with Crippen LogP contribution in [0.25, 0.3) is 0 Å². The van der Waals surface area contributed by atoms with Gasteiger partial charge in [0, 0.05) is 18.9 Å². The van der Waals surface area contributed by atoms with Gasteiger partial charge in [0.2, 0.25) is 0 Å². The van der Waals surface area contributed by atoms with E-state index in [2.05, 4.69) is 4.98 Å². The van der Waals surface area contributed by atoms with Crippen molar-refractivity contribution >= 4 is 5.69 Å². The molecule has 2 rings (SSSR count). The summed E-state index contributed by atoms with van der Waals surface area (Å²) in [6, 6.07) is 5.44. The number of ether oxygens (including phenoxy) is 1. The number of anilines is 1. The standard InChI is InChI=1S/C15H19N3O2/c1-10(2)9-18-8-7-17-14(15(18)19)20-12-6-4-5-11(3)13(12)16/h4-8,10H,9,16H2,1-3H3. The number of hydrogen-bond acceptors (Lipinski definition) is 4. The molecule has 1 heterocycles. The average Bonchev–Trinajstić information content (AvgIpc) is 2.39. The molecular weight excluding hydrogens is 254 g/mol. The van der Waals surface area contributed by atoms with Gasteiger partial charge in [0.05, 0.1) is 5.69 Å². The molecule has 0 aliphatic carbocycles. The summed E-state index contributed by atoms with van der Waals surface area (Å²) in [5, 5.41) is 0. The van der Waals surface area contributed by atoms with Crippen molar-refractivity contribution in [3.8, 4) is 11.6 Å². The maximum Gasteiger partial charge on any atom is 0.313 e. The van der Waals surface area contributed by atoms with Crippen molar-refractivity contribution in [2.45, 2.75) is 27.3 Å². The molecule has 2 aromatic rings. The SMILES string of the molecule is Cc1cccc(Oc2nccn(CC(C)C)c2=O)c1N. The van der Waals surface area contributed by atoms with E-state index >= 15 is 0 Å². The number of benzene rings is 1. The monoisotopic (exact) mass is 273 g/mol. The zero-order valence-corrected chi connectivity index (χ0v) is 12.0. The van der Waals surface area contributed by atoms with Crippen LogP contribution in [0.4, 0.5) is 5.69 Å². The van der Waals surface area contributed by atoms with Gasteiger partial charge >= 0.3 is 5.56 Å². The third-order valence-electron chi connectivity index (χ3n) is 2.93. The van der Waals surface area contributed by atoms with Crippen molar-refractivity contribution in [2.75, 3.05) is 5.73 Å². The molecule has 106 valence electrons. The third-order valence-corrected chi connectivity index (χ3v) is 2.93. The molecule has 0 spiro atoms. The van der Waals surface area contributed by atoms with Crippen LogP contribution >= 0.6 is 0 Å². The van der Waals surface area contributed by atoms with Gasteiger partial charge in [-0.15, -0.1) is 0 Å². The highest BCUT2D eigenvalue weighted by Crippen LogP contribution is 2.27. The van der Waals surface area contributed by atoms with Crippen molar-refractivity contribution in [3.05, 3.63) is 46.5 Å². The molecule has 0 amide bonds. The Labute approximate surface area is 118 Å². The molecule has 0 aliphatic rings. The molecule has 0 atom stereocenters.